The number of nitrogens with zero attached hydrogens (tertiary/aromatic N) is 3. The van der Waals surface area contributed by atoms with Crippen molar-refractivity contribution in [2.45, 2.75) is 13.3 Å². The Morgan fingerprint density at radius 3 is 1.12 bits per heavy atom. The second-order valence-corrected chi connectivity index (χ2v) is 5.84. The molecule has 11 heteroatoms. The van der Waals surface area contributed by atoms with Crippen molar-refractivity contribution >= 4 is 23.9 Å². The lowest BCUT2D eigenvalue weighted by Crippen LogP contribution is -2.44. The zero-order chi connectivity index (χ0) is 20.1. The van der Waals surface area contributed by atoms with Gasteiger partial charge in [0.05, 0.1) is 26.2 Å². The second kappa shape index (κ2) is 13.0. The first-order valence-electron chi connectivity index (χ1n) is 8.18. The van der Waals surface area contributed by atoms with Crippen molar-refractivity contribution in [3.8, 4) is 0 Å². The molecule has 0 aromatic rings. The summed E-state index contributed by atoms with van der Waals surface area (Å²) >= 11 is 0. The fourth-order valence-corrected chi connectivity index (χ4v) is 2.40. The second-order valence-electron chi connectivity index (χ2n) is 5.84. The van der Waals surface area contributed by atoms with Crippen LogP contribution in [0.25, 0.3) is 0 Å². The molecule has 0 bridgehead atoms. The Labute approximate surface area is 151 Å². The molecule has 0 saturated carbocycles. The summed E-state index contributed by atoms with van der Waals surface area (Å²) in [6.07, 6.45) is 0.747. The third-order valence-corrected chi connectivity index (χ3v) is 3.44. The highest BCUT2D eigenvalue weighted by atomic mass is 16.4. The predicted molar refractivity (Wildman–Crippen MR) is 90.2 cm³/mol. The molecule has 0 radical (unpaired) electrons. The van der Waals surface area contributed by atoms with E-state index in [0.29, 0.717) is 13.1 Å². The molecule has 0 unspecified atom stereocenters. The van der Waals surface area contributed by atoms with Gasteiger partial charge in [-0.15, -0.1) is 0 Å². The van der Waals surface area contributed by atoms with Crippen LogP contribution in [0.4, 0.5) is 0 Å². The highest BCUT2D eigenvalue weighted by molar-refractivity contribution is 5.72. The van der Waals surface area contributed by atoms with Crippen LogP contribution in [0.2, 0.25) is 0 Å². The molecule has 0 amide bonds. The third-order valence-electron chi connectivity index (χ3n) is 3.44. The van der Waals surface area contributed by atoms with Gasteiger partial charge >= 0.3 is 23.9 Å². The zero-order valence-corrected chi connectivity index (χ0v) is 14.8. The lowest BCUT2D eigenvalue weighted by molar-refractivity contribution is -0.143. The van der Waals surface area contributed by atoms with Gasteiger partial charge in [0, 0.05) is 26.2 Å². The number of hydrogen-bond acceptors (Lipinski definition) is 7. The number of aliphatic carboxylic acids is 4. The van der Waals surface area contributed by atoms with Crippen LogP contribution in [-0.4, -0.2) is 118 Å². The van der Waals surface area contributed by atoms with Crippen molar-refractivity contribution in [1.82, 2.24) is 14.7 Å². The molecule has 0 aliphatic heterocycles. The Bertz CT molecular complexity index is 470. The van der Waals surface area contributed by atoms with Crippen LogP contribution in [0.1, 0.15) is 13.3 Å². The van der Waals surface area contributed by atoms with Crippen molar-refractivity contribution in [2.24, 2.45) is 0 Å². The molecule has 0 atom stereocenters. The van der Waals surface area contributed by atoms with Crippen LogP contribution in [-0.2, 0) is 19.2 Å². The maximum atomic E-state index is 11.0. The highest BCUT2D eigenvalue weighted by Crippen LogP contribution is 1.98. The van der Waals surface area contributed by atoms with Crippen LogP contribution in [0.3, 0.4) is 0 Å². The maximum absolute atomic E-state index is 11.0. The van der Waals surface area contributed by atoms with E-state index in [1.807, 2.05) is 6.92 Å². The third kappa shape index (κ3) is 13.1. The van der Waals surface area contributed by atoms with E-state index in [1.165, 1.54) is 9.80 Å². The molecule has 4 N–H and O–H groups in total. The molecule has 0 fully saturated rings. The summed E-state index contributed by atoms with van der Waals surface area (Å²) in [7, 11) is 0. The normalized spacial score (nSPS) is 11.2. The molecule has 0 aromatic carbocycles. The van der Waals surface area contributed by atoms with Gasteiger partial charge in [-0.1, -0.05) is 6.92 Å². The SMILES string of the molecule is CCCN(CCN(CCN(CC(=O)O)CC(=O)O)CC(=O)O)CC(=O)O. The maximum Gasteiger partial charge on any atom is 0.317 e. The lowest BCUT2D eigenvalue weighted by atomic mass is 10.3. The minimum atomic E-state index is -1.17. The molecule has 0 aliphatic rings. The van der Waals surface area contributed by atoms with Gasteiger partial charge in [-0.3, -0.25) is 33.9 Å². The van der Waals surface area contributed by atoms with Crippen LogP contribution in [0, 0.1) is 0 Å². The summed E-state index contributed by atoms with van der Waals surface area (Å²) in [6.45, 7) is 1.90. The summed E-state index contributed by atoms with van der Waals surface area (Å²) in [4.78, 5) is 47.9. The minimum absolute atomic E-state index is 0.0680. The largest absolute Gasteiger partial charge is 0.480 e. The standard InChI is InChI=1S/C15H27N3O8/c1-2-3-16(8-12(19)20)4-5-17(9-13(21)22)6-7-18(10-14(23)24)11-15(25)26/h2-11H2,1H3,(H,19,20)(H,21,22)(H,23,24)(H,25,26). The van der Waals surface area contributed by atoms with Gasteiger partial charge in [-0.05, 0) is 13.0 Å². The van der Waals surface area contributed by atoms with Crippen LogP contribution in [0.5, 0.6) is 0 Å². The Kier molecular flexibility index (Phi) is 11.9. The van der Waals surface area contributed by atoms with Gasteiger partial charge in [0.1, 0.15) is 0 Å². The molecule has 0 aliphatic carbocycles. The fraction of sp³-hybridized carbons (Fsp3) is 0.733. The molecule has 150 valence electrons. The topological polar surface area (TPSA) is 159 Å². The smallest absolute Gasteiger partial charge is 0.317 e. The lowest BCUT2D eigenvalue weighted by Gasteiger charge is -2.27. The minimum Gasteiger partial charge on any atom is -0.480 e. The number of hydrogen-bond donors (Lipinski definition) is 4. The molecule has 0 rings (SSSR count). The summed E-state index contributed by atoms with van der Waals surface area (Å²) in [6, 6.07) is 0. The van der Waals surface area contributed by atoms with Crippen molar-refractivity contribution in [2.75, 3.05) is 58.9 Å². The molecule has 0 spiro atoms. The summed E-state index contributed by atoms with van der Waals surface area (Å²) in [5.41, 5.74) is 0. The zero-order valence-electron chi connectivity index (χ0n) is 14.8. The first-order valence-corrected chi connectivity index (χ1v) is 8.18. The fourth-order valence-electron chi connectivity index (χ4n) is 2.40. The van der Waals surface area contributed by atoms with E-state index >= 15 is 0 Å². The van der Waals surface area contributed by atoms with Gasteiger partial charge in [0.25, 0.3) is 0 Å². The van der Waals surface area contributed by atoms with Crippen molar-refractivity contribution in [3.05, 3.63) is 0 Å². The average Bonchev–Trinajstić information content (AvgIpc) is 2.47. The molecule has 0 aromatic heterocycles. The van der Waals surface area contributed by atoms with Crippen molar-refractivity contribution in [1.29, 1.82) is 0 Å². The predicted octanol–water partition coefficient (Wildman–Crippen LogP) is -1.36. The molecule has 0 saturated heterocycles. The Morgan fingerprint density at radius 2 is 0.808 bits per heavy atom. The monoisotopic (exact) mass is 377 g/mol. The Hall–Kier alpha value is -2.24. The first-order chi connectivity index (χ1) is 12.1. The van der Waals surface area contributed by atoms with Crippen LogP contribution < -0.4 is 0 Å². The molecule has 0 heterocycles. The van der Waals surface area contributed by atoms with E-state index in [4.69, 9.17) is 20.4 Å². The Balaban J connectivity index is 4.74. The first kappa shape index (κ1) is 23.8. The van der Waals surface area contributed by atoms with Crippen LogP contribution >= 0.6 is 0 Å². The van der Waals surface area contributed by atoms with E-state index in [2.05, 4.69) is 0 Å². The Morgan fingerprint density at radius 1 is 0.538 bits per heavy atom. The van der Waals surface area contributed by atoms with Crippen molar-refractivity contribution < 1.29 is 39.6 Å². The van der Waals surface area contributed by atoms with Gasteiger partial charge < -0.3 is 20.4 Å². The summed E-state index contributed by atoms with van der Waals surface area (Å²) in [5, 5.41) is 35.5. The molecular weight excluding hydrogens is 350 g/mol. The van der Waals surface area contributed by atoms with Gasteiger partial charge in [0.2, 0.25) is 0 Å². The molecular formula is C15H27N3O8. The van der Waals surface area contributed by atoms with Crippen LogP contribution in [0.15, 0.2) is 0 Å². The molecule has 11 nitrogen and oxygen atoms in total. The highest BCUT2D eigenvalue weighted by Gasteiger charge is 2.18. The average molecular weight is 377 g/mol. The van der Waals surface area contributed by atoms with Gasteiger partial charge in [0.15, 0.2) is 0 Å². The summed E-state index contributed by atoms with van der Waals surface area (Å²) < 4.78 is 0. The van der Waals surface area contributed by atoms with E-state index in [0.717, 1.165) is 6.42 Å². The van der Waals surface area contributed by atoms with Crippen molar-refractivity contribution in [3.63, 3.8) is 0 Å². The van der Waals surface area contributed by atoms with E-state index in [9.17, 15) is 19.2 Å². The quantitative estimate of drug-likeness (QED) is 0.252. The van der Waals surface area contributed by atoms with E-state index in [-0.39, 0.29) is 32.7 Å². The van der Waals surface area contributed by atoms with E-state index < -0.39 is 37.0 Å². The number of rotatable bonds is 16. The van der Waals surface area contributed by atoms with Gasteiger partial charge in [-0.25, -0.2) is 0 Å². The number of carbonyl (C=O) groups is 4. The van der Waals surface area contributed by atoms with Gasteiger partial charge in [-0.2, -0.15) is 0 Å². The molecule has 26 heavy (non-hydrogen) atoms. The number of carboxylic acid groups (broad SMARTS) is 4. The number of carboxylic acids is 4. The summed E-state index contributed by atoms with van der Waals surface area (Å²) in [5.74, 6) is -4.40. The van der Waals surface area contributed by atoms with E-state index in [1.54, 1.807) is 4.90 Å².